The summed E-state index contributed by atoms with van der Waals surface area (Å²) in [6.07, 6.45) is 9.96. The molecule has 4 nitrogen and oxygen atoms in total. The monoisotopic (exact) mass is 327 g/mol. The second-order valence-electron chi connectivity index (χ2n) is 7.58. The normalized spacial score (nSPS) is 25.2. The van der Waals surface area contributed by atoms with E-state index in [0.29, 0.717) is 17.8 Å². The minimum atomic E-state index is 0.198. The lowest BCUT2D eigenvalue weighted by Crippen LogP contribution is -2.30. The van der Waals surface area contributed by atoms with E-state index in [2.05, 4.69) is 34.7 Å². The summed E-state index contributed by atoms with van der Waals surface area (Å²) in [5, 5.41) is 0. The number of fused-ring (bicyclic) bond motifs is 1. The van der Waals surface area contributed by atoms with E-state index in [-0.39, 0.29) is 5.91 Å². The van der Waals surface area contributed by atoms with Gasteiger partial charge in [-0.3, -0.25) is 14.7 Å². The number of carbonyl (C=O) groups excluding carboxylic acids is 1. The van der Waals surface area contributed by atoms with Gasteiger partial charge in [-0.2, -0.15) is 0 Å². The molecule has 130 valence electrons. The predicted octanol–water partition coefficient (Wildman–Crippen LogP) is 2.96. The highest BCUT2D eigenvalue weighted by molar-refractivity contribution is 5.87. The first kappa shape index (κ1) is 17.2. The van der Waals surface area contributed by atoms with Crippen LogP contribution >= 0.6 is 0 Å². The van der Waals surface area contributed by atoms with Crippen LogP contribution in [0.1, 0.15) is 32.3 Å². The van der Waals surface area contributed by atoms with E-state index in [1.165, 1.54) is 18.4 Å². The quantitative estimate of drug-likeness (QED) is 0.798. The van der Waals surface area contributed by atoms with Crippen molar-refractivity contribution in [1.29, 1.82) is 0 Å². The third-order valence-electron chi connectivity index (χ3n) is 5.27. The SMILES string of the molecule is CC(C)/C=C/C(=O)N1C[C@H]2CCN(Cc3cccnc3)CC[C@H]2C1. The molecule has 4 heteroatoms. The molecule has 0 spiro atoms. The second kappa shape index (κ2) is 7.93. The van der Waals surface area contributed by atoms with Crippen LogP contribution in [-0.4, -0.2) is 46.9 Å². The van der Waals surface area contributed by atoms with Gasteiger partial charge in [0.05, 0.1) is 0 Å². The molecule has 1 amide bonds. The molecule has 3 heterocycles. The maximum atomic E-state index is 12.3. The number of carbonyl (C=O) groups is 1. The van der Waals surface area contributed by atoms with Crippen LogP contribution in [0.3, 0.4) is 0 Å². The van der Waals surface area contributed by atoms with Crippen molar-refractivity contribution >= 4 is 5.91 Å². The molecule has 0 bridgehead atoms. The summed E-state index contributed by atoms with van der Waals surface area (Å²) in [6.45, 7) is 9.33. The van der Waals surface area contributed by atoms with Gasteiger partial charge in [-0.05, 0) is 61.4 Å². The highest BCUT2D eigenvalue weighted by atomic mass is 16.2. The molecular formula is C20H29N3O. The molecule has 0 saturated carbocycles. The third-order valence-corrected chi connectivity index (χ3v) is 5.27. The minimum Gasteiger partial charge on any atom is -0.339 e. The zero-order valence-electron chi connectivity index (χ0n) is 14.9. The maximum Gasteiger partial charge on any atom is 0.246 e. The smallest absolute Gasteiger partial charge is 0.246 e. The number of amides is 1. The molecule has 24 heavy (non-hydrogen) atoms. The molecule has 2 saturated heterocycles. The number of rotatable bonds is 4. The van der Waals surface area contributed by atoms with Crippen molar-refractivity contribution in [2.24, 2.45) is 17.8 Å². The Balaban J connectivity index is 1.52. The highest BCUT2D eigenvalue weighted by Crippen LogP contribution is 2.32. The predicted molar refractivity (Wildman–Crippen MR) is 96.3 cm³/mol. The molecule has 2 atom stereocenters. The lowest BCUT2D eigenvalue weighted by atomic mass is 9.92. The van der Waals surface area contributed by atoms with Crippen LogP contribution in [0.2, 0.25) is 0 Å². The molecule has 3 rings (SSSR count). The van der Waals surface area contributed by atoms with E-state index in [4.69, 9.17) is 0 Å². The van der Waals surface area contributed by atoms with E-state index >= 15 is 0 Å². The largest absolute Gasteiger partial charge is 0.339 e. The Kier molecular flexibility index (Phi) is 5.67. The number of aromatic nitrogens is 1. The van der Waals surface area contributed by atoms with Gasteiger partial charge in [-0.25, -0.2) is 0 Å². The summed E-state index contributed by atoms with van der Waals surface area (Å²) in [7, 11) is 0. The zero-order chi connectivity index (χ0) is 16.9. The molecule has 0 aliphatic carbocycles. The van der Waals surface area contributed by atoms with Crippen LogP contribution in [0.5, 0.6) is 0 Å². The molecular weight excluding hydrogens is 298 g/mol. The topological polar surface area (TPSA) is 36.4 Å². The third kappa shape index (κ3) is 4.44. The van der Waals surface area contributed by atoms with Crippen LogP contribution < -0.4 is 0 Å². The Labute approximate surface area is 145 Å². The lowest BCUT2D eigenvalue weighted by Gasteiger charge is -2.21. The fraction of sp³-hybridized carbons (Fsp3) is 0.600. The number of hydrogen-bond donors (Lipinski definition) is 0. The Hall–Kier alpha value is -1.68. The molecule has 0 radical (unpaired) electrons. The fourth-order valence-corrected chi connectivity index (χ4v) is 3.87. The molecule has 1 aromatic heterocycles. The van der Waals surface area contributed by atoms with Crippen molar-refractivity contribution < 1.29 is 4.79 Å². The minimum absolute atomic E-state index is 0.198. The second-order valence-corrected chi connectivity index (χ2v) is 7.58. The number of allylic oxidation sites excluding steroid dienone is 1. The van der Waals surface area contributed by atoms with Crippen LogP contribution in [0.4, 0.5) is 0 Å². The van der Waals surface area contributed by atoms with Crippen molar-refractivity contribution in [2.45, 2.75) is 33.2 Å². The van der Waals surface area contributed by atoms with Gasteiger partial charge in [0.15, 0.2) is 0 Å². The Morgan fingerprint density at radius 1 is 1.29 bits per heavy atom. The van der Waals surface area contributed by atoms with Gasteiger partial charge in [-0.1, -0.05) is 26.0 Å². The van der Waals surface area contributed by atoms with Gasteiger partial charge in [0.2, 0.25) is 5.91 Å². The van der Waals surface area contributed by atoms with Gasteiger partial charge >= 0.3 is 0 Å². The van der Waals surface area contributed by atoms with E-state index in [9.17, 15) is 4.79 Å². The van der Waals surface area contributed by atoms with Gasteiger partial charge in [0.1, 0.15) is 0 Å². The zero-order valence-corrected chi connectivity index (χ0v) is 14.9. The van der Waals surface area contributed by atoms with Gasteiger partial charge < -0.3 is 4.90 Å². The highest BCUT2D eigenvalue weighted by Gasteiger charge is 2.36. The first-order valence-corrected chi connectivity index (χ1v) is 9.20. The summed E-state index contributed by atoms with van der Waals surface area (Å²) in [4.78, 5) is 21.1. The van der Waals surface area contributed by atoms with Crippen molar-refractivity contribution in [2.75, 3.05) is 26.2 Å². The van der Waals surface area contributed by atoms with Gasteiger partial charge in [-0.15, -0.1) is 0 Å². The van der Waals surface area contributed by atoms with Crippen LogP contribution in [0, 0.1) is 17.8 Å². The average molecular weight is 327 g/mol. The van der Waals surface area contributed by atoms with Gasteiger partial charge in [0, 0.05) is 32.0 Å². The molecule has 0 aromatic carbocycles. The molecule has 2 fully saturated rings. The maximum absolute atomic E-state index is 12.3. The summed E-state index contributed by atoms with van der Waals surface area (Å²) >= 11 is 0. The number of likely N-dealkylation sites (tertiary alicyclic amines) is 2. The van der Waals surface area contributed by atoms with Crippen LogP contribution in [-0.2, 0) is 11.3 Å². The lowest BCUT2D eigenvalue weighted by molar-refractivity contribution is -0.125. The standard InChI is InChI=1S/C20H29N3O/c1-16(2)5-6-20(24)23-14-18-7-10-22(11-8-19(18)15-23)13-17-4-3-9-21-12-17/h3-6,9,12,16,18-19H,7-8,10-11,13-15H2,1-2H3/b6-5+/t18-,19+. The van der Waals surface area contributed by atoms with Crippen molar-refractivity contribution in [3.05, 3.63) is 42.2 Å². The summed E-state index contributed by atoms with van der Waals surface area (Å²) in [5.41, 5.74) is 1.29. The first-order valence-electron chi connectivity index (χ1n) is 9.20. The van der Waals surface area contributed by atoms with Crippen molar-refractivity contribution in [3.8, 4) is 0 Å². The van der Waals surface area contributed by atoms with Crippen molar-refractivity contribution in [3.63, 3.8) is 0 Å². The average Bonchev–Trinajstić information content (AvgIpc) is 2.90. The summed E-state index contributed by atoms with van der Waals surface area (Å²) < 4.78 is 0. The molecule has 1 aromatic rings. The first-order chi connectivity index (χ1) is 11.6. The van der Waals surface area contributed by atoms with Crippen molar-refractivity contribution in [1.82, 2.24) is 14.8 Å². The number of pyridine rings is 1. The van der Waals surface area contributed by atoms with Crippen LogP contribution in [0.25, 0.3) is 0 Å². The Morgan fingerprint density at radius 2 is 2.00 bits per heavy atom. The molecule has 0 unspecified atom stereocenters. The van der Waals surface area contributed by atoms with E-state index in [0.717, 1.165) is 32.7 Å². The number of hydrogen-bond acceptors (Lipinski definition) is 3. The fourth-order valence-electron chi connectivity index (χ4n) is 3.87. The number of nitrogens with zero attached hydrogens (tertiary/aromatic N) is 3. The molecule has 2 aliphatic rings. The summed E-state index contributed by atoms with van der Waals surface area (Å²) in [6, 6.07) is 4.16. The Morgan fingerprint density at radius 3 is 2.58 bits per heavy atom. The molecule has 0 N–H and O–H groups in total. The molecule has 2 aliphatic heterocycles. The van der Waals surface area contributed by atoms with Crippen LogP contribution in [0.15, 0.2) is 36.7 Å². The summed E-state index contributed by atoms with van der Waals surface area (Å²) in [5.74, 6) is 1.97. The van der Waals surface area contributed by atoms with E-state index in [1.54, 1.807) is 6.08 Å². The van der Waals surface area contributed by atoms with E-state index < -0.39 is 0 Å². The van der Waals surface area contributed by atoms with E-state index in [1.807, 2.05) is 24.5 Å². The Bertz CT molecular complexity index is 554. The van der Waals surface area contributed by atoms with Gasteiger partial charge in [0.25, 0.3) is 0 Å².